The Bertz CT molecular complexity index is 1470. The van der Waals surface area contributed by atoms with Crippen molar-refractivity contribution in [2.75, 3.05) is 13.1 Å². The Labute approximate surface area is 208 Å². The average Bonchev–Trinajstić information content (AvgIpc) is 3.24. The number of cyclic esters (lactones) is 1. The number of hydrogen-bond acceptors (Lipinski definition) is 7. The lowest BCUT2D eigenvalue weighted by Gasteiger charge is -2.31. The van der Waals surface area contributed by atoms with E-state index in [0.29, 0.717) is 59.8 Å². The summed E-state index contributed by atoms with van der Waals surface area (Å²) in [6.07, 6.45) is 0.364. The fraction of sp³-hybridized carbons (Fsp3) is 0.407. The highest BCUT2D eigenvalue weighted by molar-refractivity contribution is 5.90. The Morgan fingerprint density at radius 2 is 1.92 bits per heavy atom. The van der Waals surface area contributed by atoms with Crippen molar-refractivity contribution in [2.45, 2.75) is 59.3 Å². The van der Waals surface area contributed by atoms with Gasteiger partial charge in [0.15, 0.2) is 5.60 Å². The summed E-state index contributed by atoms with van der Waals surface area (Å²) >= 11 is 0. The molecule has 36 heavy (non-hydrogen) atoms. The first-order chi connectivity index (χ1) is 17.3. The number of aromatic nitrogens is 2. The number of aryl methyl sites for hydroxylation is 1. The molecule has 0 spiro atoms. The molecule has 4 heterocycles. The molecule has 5 rings (SSSR count). The van der Waals surface area contributed by atoms with Gasteiger partial charge in [0, 0.05) is 29.6 Å². The van der Waals surface area contributed by atoms with Gasteiger partial charge in [-0.15, -0.1) is 0 Å². The zero-order chi connectivity index (χ0) is 25.8. The quantitative estimate of drug-likeness (QED) is 0.426. The molecular formula is C27H29N3O6. The molecule has 1 atom stereocenters. The fourth-order valence-corrected chi connectivity index (χ4v) is 5.26. The van der Waals surface area contributed by atoms with Crippen molar-refractivity contribution in [3.63, 3.8) is 0 Å². The highest BCUT2D eigenvalue weighted by atomic mass is 16.6. The van der Waals surface area contributed by atoms with Crippen LogP contribution in [0.5, 0.6) is 5.75 Å². The van der Waals surface area contributed by atoms with Gasteiger partial charge in [0.25, 0.3) is 5.56 Å². The van der Waals surface area contributed by atoms with Crippen LogP contribution in [0.25, 0.3) is 22.3 Å². The fourth-order valence-electron chi connectivity index (χ4n) is 5.26. The van der Waals surface area contributed by atoms with E-state index in [-0.39, 0.29) is 18.6 Å². The molecule has 0 bridgehead atoms. The van der Waals surface area contributed by atoms with Crippen LogP contribution < -0.4 is 10.3 Å². The summed E-state index contributed by atoms with van der Waals surface area (Å²) in [4.78, 5) is 44.8. The number of esters is 1. The zero-order valence-electron chi connectivity index (χ0n) is 20.9. The van der Waals surface area contributed by atoms with Gasteiger partial charge in [-0.2, -0.15) is 0 Å². The molecule has 1 N–H and O–H groups in total. The molecule has 0 saturated carbocycles. The average molecular weight is 492 g/mol. The summed E-state index contributed by atoms with van der Waals surface area (Å²) in [5.74, 6) is -0.310. The van der Waals surface area contributed by atoms with Crippen molar-refractivity contribution in [3.8, 4) is 17.1 Å². The molecule has 1 amide bonds. The number of fused-ring (bicyclic) bond motifs is 5. The first-order valence-electron chi connectivity index (χ1n) is 12.4. The Balaban J connectivity index is 1.65. The van der Waals surface area contributed by atoms with E-state index in [9.17, 15) is 19.5 Å². The van der Waals surface area contributed by atoms with Crippen LogP contribution in [0.15, 0.2) is 29.1 Å². The highest BCUT2D eigenvalue weighted by Crippen LogP contribution is 2.40. The van der Waals surface area contributed by atoms with Crippen LogP contribution in [-0.2, 0) is 34.7 Å². The van der Waals surface area contributed by atoms with E-state index >= 15 is 0 Å². The number of hydrogen-bond donors (Lipinski definition) is 1. The molecule has 0 aliphatic carbocycles. The lowest BCUT2D eigenvalue weighted by atomic mass is 9.86. The number of amides is 1. The molecule has 1 aromatic carbocycles. The normalized spacial score (nSPS) is 17.9. The first-order valence-corrected chi connectivity index (χ1v) is 12.4. The van der Waals surface area contributed by atoms with Crippen LogP contribution >= 0.6 is 0 Å². The molecule has 188 valence electrons. The Morgan fingerprint density at radius 3 is 2.58 bits per heavy atom. The van der Waals surface area contributed by atoms with Gasteiger partial charge in [0.2, 0.25) is 0 Å². The SMILES string of the molecule is CCc1c2c(nc3ccc(OC(=O)N(CC)CC)cc13)-c1cc3c(c(=O)n1C2)COC(=O)C3(O)CC. The molecule has 9 heteroatoms. The molecule has 3 aromatic rings. The second kappa shape index (κ2) is 8.74. The third-order valence-corrected chi connectivity index (χ3v) is 7.36. The Hall–Kier alpha value is -3.72. The molecule has 9 nitrogen and oxygen atoms in total. The lowest BCUT2D eigenvalue weighted by Crippen LogP contribution is -2.44. The highest BCUT2D eigenvalue weighted by Gasteiger charge is 2.45. The maximum Gasteiger partial charge on any atom is 0.415 e. The van der Waals surface area contributed by atoms with Crippen LogP contribution in [0.1, 0.15) is 56.4 Å². The lowest BCUT2D eigenvalue weighted by molar-refractivity contribution is -0.172. The van der Waals surface area contributed by atoms with Crippen molar-refractivity contribution in [1.29, 1.82) is 0 Å². The number of benzene rings is 1. The predicted octanol–water partition coefficient (Wildman–Crippen LogP) is 3.48. The third-order valence-electron chi connectivity index (χ3n) is 7.36. The van der Waals surface area contributed by atoms with E-state index in [0.717, 1.165) is 16.5 Å². The van der Waals surface area contributed by atoms with Gasteiger partial charge in [-0.05, 0) is 56.5 Å². The topological polar surface area (TPSA) is 111 Å². The predicted molar refractivity (Wildman–Crippen MR) is 133 cm³/mol. The van der Waals surface area contributed by atoms with E-state index in [2.05, 4.69) is 0 Å². The van der Waals surface area contributed by atoms with Gasteiger partial charge in [-0.3, -0.25) is 4.79 Å². The van der Waals surface area contributed by atoms with E-state index in [4.69, 9.17) is 14.5 Å². The molecule has 0 fully saturated rings. The molecule has 0 radical (unpaired) electrons. The number of ether oxygens (including phenoxy) is 2. The Morgan fingerprint density at radius 1 is 1.17 bits per heavy atom. The second-order valence-corrected chi connectivity index (χ2v) is 9.09. The van der Waals surface area contributed by atoms with Crippen LogP contribution in [0.4, 0.5) is 4.79 Å². The van der Waals surface area contributed by atoms with Gasteiger partial charge in [-0.1, -0.05) is 13.8 Å². The van der Waals surface area contributed by atoms with E-state index in [1.165, 1.54) is 0 Å². The van der Waals surface area contributed by atoms with Crippen molar-refractivity contribution in [1.82, 2.24) is 14.5 Å². The smallest absolute Gasteiger partial charge is 0.415 e. The number of aliphatic hydroxyl groups is 1. The van der Waals surface area contributed by atoms with Gasteiger partial charge in [-0.25, -0.2) is 14.6 Å². The molecule has 2 aromatic heterocycles. The number of carbonyl (C=O) groups is 2. The standard InChI is InChI=1S/C27H29N3O6/c1-5-16-17-11-15(36-26(33)29(7-3)8-4)9-10-21(17)28-23-18(16)13-30-22(23)12-20-19(24(30)31)14-35-25(32)27(20,34)6-2/h9-12,34H,5-8,13-14H2,1-4H3. The number of rotatable bonds is 5. The zero-order valence-corrected chi connectivity index (χ0v) is 20.9. The summed E-state index contributed by atoms with van der Waals surface area (Å²) in [6.45, 7) is 8.78. The molecule has 1 unspecified atom stereocenters. The van der Waals surface area contributed by atoms with Crippen molar-refractivity contribution >= 4 is 23.0 Å². The van der Waals surface area contributed by atoms with Crippen LogP contribution in [0, 0.1) is 0 Å². The van der Waals surface area contributed by atoms with Gasteiger partial charge < -0.3 is 24.0 Å². The molecule has 0 saturated heterocycles. The molecule has 2 aliphatic heterocycles. The summed E-state index contributed by atoms with van der Waals surface area (Å²) in [7, 11) is 0. The third kappa shape index (κ3) is 3.41. The monoisotopic (exact) mass is 491 g/mol. The van der Waals surface area contributed by atoms with Gasteiger partial charge in [0.05, 0.1) is 29.0 Å². The van der Waals surface area contributed by atoms with Crippen molar-refractivity contribution in [2.24, 2.45) is 0 Å². The summed E-state index contributed by atoms with van der Waals surface area (Å²) in [5.41, 5.74) is 2.29. The maximum atomic E-state index is 13.4. The van der Waals surface area contributed by atoms with E-state index in [1.54, 1.807) is 34.6 Å². The van der Waals surface area contributed by atoms with Crippen molar-refractivity contribution in [3.05, 3.63) is 56.9 Å². The summed E-state index contributed by atoms with van der Waals surface area (Å²) in [5, 5.41) is 11.9. The minimum atomic E-state index is -1.86. The van der Waals surface area contributed by atoms with Crippen LogP contribution in [0.2, 0.25) is 0 Å². The number of pyridine rings is 2. The first kappa shape index (κ1) is 24.0. The summed E-state index contributed by atoms with van der Waals surface area (Å²) < 4.78 is 12.4. The number of nitrogens with zero attached hydrogens (tertiary/aromatic N) is 3. The molecular weight excluding hydrogens is 462 g/mol. The van der Waals surface area contributed by atoms with Crippen LogP contribution in [-0.4, -0.2) is 44.7 Å². The summed E-state index contributed by atoms with van der Waals surface area (Å²) in [6, 6.07) is 7.05. The second-order valence-electron chi connectivity index (χ2n) is 9.09. The molecule has 2 aliphatic rings. The van der Waals surface area contributed by atoms with Crippen LogP contribution in [0.3, 0.4) is 0 Å². The van der Waals surface area contributed by atoms with E-state index < -0.39 is 17.7 Å². The Kier molecular flexibility index (Phi) is 5.83. The van der Waals surface area contributed by atoms with E-state index in [1.807, 2.05) is 26.8 Å². The maximum absolute atomic E-state index is 13.4. The minimum Gasteiger partial charge on any atom is -0.458 e. The van der Waals surface area contributed by atoms with Gasteiger partial charge >= 0.3 is 12.1 Å². The van der Waals surface area contributed by atoms with Crippen molar-refractivity contribution < 1.29 is 24.2 Å². The van der Waals surface area contributed by atoms with Gasteiger partial charge in [0.1, 0.15) is 12.4 Å². The minimum absolute atomic E-state index is 0.0922. The largest absolute Gasteiger partial charge is 0.458 e. The number of carbonyl (C=O) groups excluding carboxylic acids is 2.